The van der Waals surface area contributed by atoms with Crippen molar-refractivity contribution in [2.75, 3.05) is 6.61 Å². The van der Waals surface area contributed by atoms with Gasteiger partial charge in [0.1, 0.15) is 5.69 Å². The van der Waals surface area contributed by atoms with E-state index in [0.717, 1.165) is 21.8 Å². The van der Waals surface area contributed by atoms with Gasteiger partial charge in [-0.1, -0.05) is 24.3 Å². The Labute approximate surface area is 148 Å². The van der Waals surface area contributed by atoms with E-state index in [9.17, 15) is 9.59 Å². The highest BCUT2D eigenvalue weighted by Crippen LogP contribution is 2.28. The molecule has 2 N–H and O–H groups in total. The summed E-state index contributed by atoms with van der Waals surface area (Å²) in [6.45, 7) is -0.440. The summed E-state index contributed by atoms with van der Waals surface area (Å²) in [5.74, 6) is -1.33. The first-order chi connectivity index (χ1) is 12.1. The number of amides is 1. The molecule has 0 aliphatic heterocycles. The molecular weight excluding hydrogens is 338 g/mol. The van der Waals surface area contributed by atoms with E-state index in [1.165, 1.54) is 6.08 Å². The van der Waals surface area contributed by atoms with Gasteiger partial charge in [-0.15, -0.1) is 11.3 Å². The minimum atomic E-state index is -0.696. The summed E-state index contributed by atoms with van der Waals surface area (Å²) in [6, 6.07) is 13.6. The van der Waals surface area contributed by atoms with Crippen LogP contribution in [-0.2, 0) is 14.3 Å². The zero-order chi connectivity index (χ0) is 17.6. The molecule has 3 rings (SSSR count). The maximum absolute atomic E-state index is 11.7. The monoisotopic (exact) mass is 353 g/mol. The molecule has 0 aliphatic rings. The van der Waals surface area contributed by atoms with E-state index in [1.807, 2.05) is 54.0 Å². The third-order valence-corrected chi connectivity index (χ3v) is 4.15. The molecule has 0 atom stereocenters. The molecule has 1 amide bonds. The summed E-state index contributed by atoms with van der Waals surface area (Å²) in [4.78, 5) is 23.3. The Bertz CT molecular complexity index is 899. The van der Waals surface area contributed by atoms with Gasteiger partial charge in [-0.2, -0.15) is 5.10 Å². The first-order valence-electron chi connectivity index (χ1n) is 7.45. The highest BCUT2D eigenvalue weighted by Gasteiger charge is 2.12. The maximum Gasteiger partial charge on any atom is 0.331 e. The molecular formula is C18H15N3O3S. The van der Waals surface area contributed by atoms with Gasteiger partial charge in [0.2, 0.25) is 0 Å². The van der Waals surface area contributed by atoms with Crippen LogP contribution in [0.2, 0.25) is 0 Å². The molecule has 2 heterocycles. The van der Waals surface area contributed by atoms with Crippen molar-refractivity contribution in [3.63, 3.8) is 0 Å². The molecule has 0 aliphatic carbocycles. The average Bonchev–Trinajstić information content (AvgIpc) is 3.28. The Morgan fingerprint density at radius 2 is 2.00 bits per heavy atom. The molecule has 3 aromatic rings. The van der Waals surface area contributed by atoms with Gasteiger partial charge in [0.25, 0.3) is 5.91 Å². The van der Waals surface area contributed by atoms with Gasteiger partial charge in [0.05, 0.1) is 10.6 Å². The van der Waals surface area contributed by atoms with E-state index < -0.39 is 18.5 Å². The van der Waals surface area contributed by atoms with Crippen LogP contribution in [0.25, 0.3) is 22.3 Å². The van der Waals surface area contributed by atoms with E-state index in [-0.39, 0.29) is 0 Å². The summed E-state index contributed by atoms with van der Waals surface area (Å²) in [7, 11) is 0. The van der Waals surface area contributed by atoms with Gasteiger partial charge < -0.3 is 10.5 Å². The Hall–Kier alpha value is -3.19. The highest BCUT2D eigenvalue weighted by molar-refractivity contribution is 7.13. The van der Waals surface area contributed by atoms with Crippen molar-refractivity contribution in [1.29, 1.82) is 0 Å². The highest BCUT2D eigenvalue weighted by atomic mass is 32.1. The van der Waals surface area contributed by atoms with E-state index in [0.29, 0.717) is 0 Å². The molecule has 1 aromatic carbocycles. The van der Waals surface area contributed by atoms with Gasteiger partial charge in [-0.05, 0) is 29.7 Å². The van der Waals surface area contributed by atoms with Crippen LogP contribution >= 0.6 is 11.3 Å². The van der Waals surface area contributed by atoms with Crippen LogP contribution in [0.5, 0.6) is 0 Å². The lowest BCUT2D eigenvalue weighted by Gasteiger charge is -1.99. The zero-order valence-electron chi connectivity index (χ0n) is 13.2. The maximum atomic E-state index is 11.7. The SMILES string of the molecule is NC(=O)COC(=O)C=Cc1cn(-c2ccccc2)nc1-c1cccs1. The van der Waals surface area contributed by atoms with Crippen LogP contribution in [0.4, 0.5) is 0 Å². The largest absolute Gasteiger partial charge is 0.452 e. The average molecular weight is 353 g/mol. The summed E-state index contributed by atoms with van der Waals surface area (Å²) in [6.07, 6.45) is 4.71. The van der Waals surface area contributed by atoms with Gasteiger partial charge in [-0.25, -0.2) is 9.48 Å². The van der Waals surface area contributed by atoms with Crippen molar-refractivity contribution in [2.45, 2.75) is 0 Å². The predicted octanol–water partition coefficient (Wildman–Crippen LogP) is 2.64. The molecule has 0 saturated carbocycles. The minimum Gasteiger partial charge on any atom is -0.452 e. The van der Waals surface area contributed by atoms with Crippen LogP contribution in [0.1, 0.15) is 5.56 Å². The zero-order valence-corrected chi connectivity index (χ0v) is 14.0. The van der Waals surface area contributed by atoms with Crippen LogP contribution in [0.3, 0.4) is 0 Å². The number of ether oxygens (including phenoxy) is 1. The molecule has 0 saturated heterocycles. The van der Waals surface area contributed by atoms with E-state index >= 15 is 0 Å². The van der Waals surface area contributed by atoms with Gasteiger partial charge in [0, 0.05) is 17.8 Å². The lowest BCUT2D eigenvalue weighted by molar-refractivity contribution is -0.142. The summed E-state index contributed by atoms with van der Waals surface area (Å²) in [5, 5.41) is 6.59. The number of primary amides is 1. The Morgan fingerprint density at radius 1 is 1.20 bits per heavy atom. The third kappa shape index (κ3) is 4.21. The number of carbonyl (C=O) groups excluding carboxylic acids is 2. The van der Waals surface area contributed by atoms with Crippen LogP contribution in [-0.4, -0.2) is 28.3 Å². The topological polar surface area (TPSA) is 87.2 Å². The van der Waals surface area contributed by atoms with Crippen LogP contribution < -0.4 is 5.73 Å². The number of nitrogens with two attached hydrogens (primary N) is 1. The molecule has 2 aromatic heterocycles. The third-order valence-electron chi connectivity index (χ3n) is 3.27. The number of hydrogen-bond acceptors (Lipinski definition) is 5. The van der Waals surface area contributed by atoms with Gasteiger partial charge >= 0.3 is 5.97 Å². The minimum absolute atomic E-state index is 0.440. The summed E-state index contributed by atoms with van der Waals surface area (Å²) in [5.41, 5.74) is 7.39. The second kappa shape index (κ2) is 7.59. The predicted molar refractivity (Wildman–Crippen MR) is 96.1 cm³/mol. The fourth-order valence-electron chi connectivity index (χ4n) is 2.18. The van der Waals surface area contributed by atoms with Crippen molar-refractivity contribution in [3.8, 4) is 16.3 Å². The van der Waals surface area contributed by atoms with Crippen molar-refractivity contribution >= 4 is 29.3 Å². The number of rotatable bonds is 6. The first-order valence-corrected chi connectivity index (χ1v) is 8.33. The second-order valence-electron chi connectivity index (χ2n) is 5.10. The number of nitrogens with zero attached hydrogens (tertiary/aromatic N) is 2. The molecule has 0 unspecified atom stereocenters. The van der Waals surface area contributed by atoms with Crippen molar-refractivity contribution in [3.05, 3.63) is 65.7 Å². The molecule has 0 radical (unpaired) electrons. The first kappa shape index (κ1) is 16.7. The molecule has 25 heavy (non-hydrogen) atoms. The van der Waals surface area contributed by atoms with Crippen molar-refractivity contribution in [1.82, 2.24) is 9.78 Å². The summed E-state index contributed by atoms with van der Waals surface area (Å²) >= 11 is 1.56. The van der Waals surface area contributed by atoms with Crippen LogP contribution in [0, 0.1) is 0 Å². The molecule has 0 fully saturated rings. The van der Waals surface area contributed by atoms with E-state index in [1.54, 1.807) is 22.1 Å². The molecule has 0 spiro atoms. The number of hydrogen-bond donors (Lipinski definition) is 1. The fraction of sp³-hybridized carbons (Fsp3) is 0.0556. The van der Waals surface area contributed by atoms with Crippen molar-refractivity contribution < 1.29 is 14.3 Å². The van der Waals surface area contributed by atoms with Crippen molar-refractivity contribution in [2.24, 2.45) is 5.73 Å². The Kier molecular flexibility index (Phi) is 5.06. The Morgan fingerprint density at radius 3 is 2.68 bits per heavy atom. The van der Waals surface area contributed by atoms with Gasteiger partial charge in [-0.3, -0.25) is 4.79 Å². The molecule has 126 valence electrons. The lowest BCUT2D eigenvalue weighted by atomic mass is 10.2. The van der Waals surface area contributed by atoms with E-state index in [4.69, 9.17) is 10.5 Å². The van der Waals surface area contributed by atoms with Crippen LogP contribution in [0.15, 0.2) is 60.1 Å². The normalized spacial score (nSPS) is 10.9. The molecule has 0 bridgehead atoms. The number of benzene rings is 1. The number of carbonyl (C=O) groups is 2. The number of esters is 1. The second-order valence-corrected chi connectivity index (χ2v) is 6.05. The van der Waals surface area contributed by atoms with E-state index in [2.05, 4.69) is 5.10 Å². The quantitative estimate of drug-likeness (QED) is 0.545. The summed E-state index contributed by atoms with van der Waals surface area (Å²) < 4.78 is 6.48. The smallest absolute Gasteiger partial charge is 0.331 e. The standard InChI is InChI=1S/C18H15N3O3S/c19-16(22)12-24-17(23)9-8-13-11-21(14-5-2-1-3-6-14)20-18(13)15-7-4-10-25-15/h1-11H,12H2,(H2,19,22). The molecule has 7 heteroatoms. The molecule has 6 nitrogen and oxygen atoms in total. The Balaban J connectivity index is 1.90. The lowest BCUT2D eigenvalue weighted by Crippen LogP contribution is -2.19. The fourth-order valence-corrected chi connectivity index (χ4v) is 2.91. The number of aromatic nitrogens is 2. The number of thiophene rings is 1. The number of para-hydroxylation sites is 1. The van der Waals surface area contributed by atoms with Gasteiger partial charge in [0.15, 0.2) is 6.61 Å².